The second-order valence-corrected chi connectivity index (χ2v) is 4.81. The smallest absolute Gasteiger partial charge is 0.139 e. The predicted molar refractivity (Wildman–Crippen MR) is 75.6 cm³/mol. The molecule has 0 aliphatic rings. The van der Waals surface area contributed by atoms with Crippen molar-refractivity contribution in [1.29, 1.82) is 0 Å². The Hall–Kier alpha value is -1.59. The van der Waals surface area contributed by atoms with Gasteiger partial charge in [0, 0.05) is 5.56 Å². The highest BCUT2D eigenvalue weighted by Crippen LogP contribution is 2.34. The standard InChI is InChI=1S/C12H11Cl2FN4/c1-5-11(16)17-6(2)18-12(5)19-10-8(13)3-7(15)4-9(10)14/h3-4H,1-2H3,(H3,16,17,18,19). The van der Waals surface area contributed by atoms with Crippen LogP contribution in [0.5, 0.6) is 0 Å². The largest absolute Gasteiger partial charge is 0.383 e. The Morgan fingerprint density at radius 1 is 1.16 bits per heavy atom. The molecule has 0 saturated carbocycles. The number of benzene rings is 1. The van der Waals surface area contributed by atoms with Crippen molar-refractivity contribution >= 4 is 40.5 Å². The highest BCUT2D eigenvalue weighted by atomic mass is 35.5. The zero-order chi connectivity index (χ0) is 14.2. The SMILES string of the molecule is Cc1nc(N)c(C)c(Nc2c(Cl)cc(F)cc2Cl)n1. The molecule has 2 rings (SSSR count). The lowest BCUT2D eigenvalue weighted by molar-refractivity contribution is 0.628. The Morgan fingerprint density at radius 3 is 2.32 bits per heavy atom. The second kappa shape index (κ2) is 5.19. The Balaban J connectivity index is 2.48. The minimum atomic E-state index is -0.504. The van der Waals surface area contributed by atoms with Gasteiger partial charge in [0.15, 0.2) is 0 Å². The number of aryl methyl sites for hydroxylation is 1. The van der Waals surface area contributed by atoms with Crippen LogP contribution < -0.4 is 11.1 Å². The Kier molecular flexibility index (Phi) is 3.78. The quantitative estimate of drug-likeness (QED) is 0.884. The summed E-state index contributed by atoms with van der Waals surface area (Å²) in [6.07, 6.45) is 0. The third-order valence-electron chi connectivity index (χ3n) is 2.55. The molecule has 0 aliphatic heterocycles. The number of rotatable bonds is 2. The molecule has 7 heteroatoms. The minimum Gasteiger partial charge on any atom is -0.383 e. The van der Waals surface area contributed by atoms with Gasteiger partial charge in [-0.3, -0.25) is 0 Å². The summed E-state index contributed by atoms with van der Waals surface area (Å²) in [6.45, 7) is 3.48. The first-order chi connectivity index (χ1) is 8.88. The molecule has 0 atom stereocenters. The fourth-order valence-corrected chi connectivity index (χ4v) is 2.11. The van der Waals surface area contributed by atoms with Crippen molar-refractivity contribution in [1.82, 2.24) is 9.97 Å². The molecule has 0 saturated heterocycles. The molecule has 19 heavy (non-hydrogen) atoms. The first-order valence-electron chi connectivity index (χ1n) is 5.40. The van der Waals surface area contributed by atoms with Crippen LogP contribution in [0.3, 0.4) is 0 Å². The van der Waals surface area contributed by atoms with Gasteiger partial charge in [-0.1, -0.05) is 23.2 Å². The van der Waals surface area contributed by atoms with Crippen molar-refractivity contribution in [2.75, 3.05) is 11.1 Å². The molecule has 1 aromatic heterocycles. The molecule has 4 nitrogen and oxygen atoms in total. The van der Waals surface area contributed by atoms with Crippen LogP contribution in [-0.2, 0) is 0 Å². The van der Waals surface area contributed by atoms with Gasteiger partial charge >= 0.3 is 0 Å². The van der Waals surface area contributed by atoms with E-state index in [2.05, 4.69) is 15.3 Å². The van der Waals surface area contributed by atoms with Gasteiger partial charge in [0.2, 0.25) is 0 Å². The molecule has 0 aliphatic carbocycles. The van der Waals surface area contributed by atoms with Crippen LogP contribution in [0, 0.1) is 19.7 Å². The lowest BCUT2D eigenvalue weighted by Gasteiger charge is -2.13. The maximum absolute atomic E-state index is 13.1. The van der Waals surface area contributed by atoms with Crippen molar-refractivity contribution in [3.8, 4) is 0 Å². The highest BCUT2D eigenvalue weighted by molar-refractivity contribution is 6.39. The number of hydrogen-bond donors (Lipinski definition) is 2. The van der Waals surface area contributed by atoms with Crippen LogP contribution >= 0.6 is 23.2 Å². The van der Waals surface area contributed by atoms with Crippen LogP contribution in [0.4, 0.5) is 21.7 Å². The molecule has 1 heterocycles. The molecule has 100 valence electrons. The summed E-state index contributed by atoms with van der Waals surface area (Å²) in [7, 11) is 0. The molecule has 0 spiro atoms. The first kappa shape index (κ1) is 13.8. The molecular weight excluding hydrogens is 290 g/mol. The van der Waals surface area contributed by atoms with Crippen LogP contribution in [0.1, 0.15) is 11.4 Å². The maximum atomic E-state index is 13.1. The number of nitrogens with one attached hydrogen (secondary N) is 1. The summed E-state index contributed by atoms with van der Waals surface area (Å²) in [6, 6.07) is 2.34. The molecular formula is C12H11Cl2FN4. The highest BCUT2D eigenvalue weighted by Gasteiger charge is 2.12. The zero-order valence-corrected chi connectivity index (χ0v) is 11.8. The summed E-state index contributed by atoms with van der Waals surface area (Å²) >= 11 is 11.9. The molecule has 2 aromatic rings. The van der Waals surface area contributed by atoms with Gasteiger partial charge in [-0.05, 0) is 26.0 Å². The summed E-state index contributed by atoms with van der Waals surface area (Å²) in [4.78, 5) is 8.26. The van der Waals surface area contributed by atoms with E-state index in [1.54, 1.807) is 13.8 Å². The zero-order valence-electron chi connectivity index (χ0n) is 10.3. The fraction of sp³-hybridized carbons (Fsp3) is 0.167. The summed E-state index contributed by atoms with van der Waals surface area (Å²) < 4.78 is 13.1. The molecule has 0 radical (unpaired) electrons. The maximum Gasteiger partial charge on any atom is 0.139 e. The van der Waals surface area contributed by atoms with Gasteiger partial charge in [-0.15, -0.1) is 0 Å². The molecule has 0 amide bonds. The number of halogens is 3. The Labute approximate surface area is 119 Å². The van der Waals surface area contributed by atoms with E-state index in [-0.39, 0.29) is 10.0 Å². The normalized spacial score (nSPS) is 10.6. The number of nitrogen functional groups attached to an aromatic ring is 1. The summed E-state index contributed by atoms with van der Waals surface area (Å²) in [5, 5.41) is 3.29. The number of aromatic nitrogens is 2. The van der Waals surface area contributed by atoms with Gasteiger partial charge in [-0.2, -0.15) is 0 Å². The molecule has 3 N–H and O–H groups in total. The summed E-state index contributed by atoms with van der Waals surface area (Å²) in [5.74, 6) is 0.861. The van der Waals surface area contributed by atoms with E-state index < -0.39 is 5.82 Å². The third kappa shape index (κ3) is 2.88. The monoisotopic (exact) mass is 300 g/mol. The van der Waals surface area contributed by atoms with E-state index in [0.717, 1.165) is 0 Å². The van der Waals surface area contributed by atoms with E-state index in [0.29, 0.717) is 28.7 Å². The van der Waals surface area contributed by atoms with Crippen molar-refractivity contribution in [2.24, 2.45) is 0 Å². The van der Waals surface area contributed by atoms with Crippen molar-refractivity contribution in [2.45, 2.75) is 13.8 Å². The average molecular weight is 301 g/mol. The van der Waals surface area contributed by atoms with Crippen LogP contribution in [0.2, 0.25) is 10.0 Å². The summed E-state index contributed by atoms with van der Waals surface area (Å²) in [5.41, 5.74) is 6.81. The molecule has 0 bridgehead atoms. The van der Waals surface area contributed by atoms with Crippen molar-refractivity contribution < 1.29 is 4.39 Å². The first-order valence-corrected chi connectivity index (χ1v) is 6.16. The van der Waals surface area contributed by atoms with Gasteiger partial charge in [-0.25, -0.2) is 14.4 Å². The van der Waals surface area contributed by atoms with E-state index in [1.165, 1.54) is 12.1 Å². The number of hydrogen-bond acceptors (Lipinski definition) is 4. The third-order valence-corrected chi connectivity index (χ3v) is 3.14. The lowest BCUT2D eigenvalue weighted by atomic mass is 10.2. The van der Waals surface area contributed by atoms with Gasteiger partial charge in [0.05, 0.1) is 15.7 Å². The van der Waals surface area contributed by atoms with Crippen LogP contribution in [-0.4, -0.2) is 9.97 Å². The lowest BCUT2D eigenvalue weighted by Crippen LogP contribution is -2.05. The minimum absolute atomic E-state index is 0.166. The Morgan fingerprint density at radius 2 is 1.74 bits per heavy atom. The van der Waals surface area contributed by atoms with E-state index >= 15 is 0 Å². The molecule has 0 fully saturated rings. The number of nitrogens with zero attached hydrogens (tertiary/aromatic N) is 2. The number of nitrogens with two attached hydrogens (primary N) is 1. The van der Waals surface area contributed by atoms with E-state index in [9.17, 15) is 4.39 Å². The molecule has 1 aromatic carbocycles. The van der Waals surface area contributed by atoms with Crippen LogP contribution in [0.15, 0.2) is 12.1 Å². The topological polar surface area (TPSA) is 63.8 Å². The number of anilines is 3. The molecule has 0 unspecified atom stereocenters. The van der Waals surface area contributed by atoms with E-state index in [4.69, 9.17) is 28.9 Å². The second-order valence-electron chi connectivity index (χ2n) is 4.00. The van der Waals surface area contributed by atoms with Crippen molar-refractivity contribution in [3.63, 3.8) is 0 Å². The van der Waals surface area contributed by atoms with E-state index in [1.807, 2.05) is 0 Å². The van der Waals surface area contributed by atoms with Gasteiger partial charge in [0.1, 0.15) is 23.3 Å². The Bertz CT molecular complexity index is 623. The fourth-order valence-electron chi connectivity index (χ4n) is 1.55. The van der Waals surface area contributed by atoms with Gasteiger partial charge < -0.3 is 11.1 Å². The predicted octanol–water partition coefficient (Wildman–Crippen LogP) is 3.87. The van der Waals surface area contributed by atoms with Gasteiger partial charge in [0.25, 0.3) is 0 Å². The van der Waals surface area contributed by atoms with Crippen LogP contribution in [0.25, 0.3) is 0 Å². The average Bonchev–Trinajstić information content (AvgIpc) is 2.29. The van der Waals surface area contributed by atoms with Crippen molar-refractivity contribution in [3.05, 3.63) is 39.4 Å².